The first-order valence-electron chi connectivity index (χ1n) is 12.9. The van der Waals surface area contributed by atoms with Crippen LogP contribution in [0.3, 0.4) is 0 Å². The van der Waals surface area contributed by atoms with Crippen LogP contribution in [-0.4, -0.2) is 87.7 Å². The van der Waals surface area contributed by atoms with Gasteiger partial charge in [0.05, 0.1) is 5.52 Å². The molecular weight excluding hydrogens is 543 g/mol. The van der Waals surface area contributed by atoms with Crippen molar-refractivity contribution in [3.8, 4) is 11.4 Å². The number of amides is 2. The lowest BCUT2D eigenvalue weighted by molar-refractivity contribution is -0.274. The maximum atomic E-state index is 13.3. The molecule has 2 amide bonds. The van der Waals surface area contributed by atoms with Gasteiger partial charge in [-0.2, -0.15) is 0 Å². The predicted octanol–water partition coefficient (Wildman–Crippen LogP) is 4.58. The first-order valence-corrected chi connectivity index (χ1v) is 13.7. The third kappa shape index (κ3) is 5.16. The predicted molar refractivity (Wildman–Crippen MR) is 144 cm³/mol. The number of alkyl halides is 3. The number of carbonyl (C=O) groups is 2. The van der Waals surface area contributed by atoms with Gasteiger partial charge >= 0.3 is 6.36 Å². The number of carbonyl (C=O) groups excluding carboxylic acids is 2. The quantitative estimate of drug-likeness (QED) is 0.352. The van der Waals surface area contributed by atoms with E-state index in [9.17, 15) is 22.8 Å². The number of aromatic nitrogens is 2. The molecule has 0 radical (unpaired) electrons. The highest BCUT2D eigenvalue weighted by molar-refractivity contribution is 7.11. The highest BCUT2D eigenvalue weighted by Gasteiger charge is 2.37. The zero-order chi connectivity index (χ0) is 28.0. The smallest absolute Gasteiger partial charge is 0.406 e. The fourth-order valence-corrected chi connectivity index (χ4v) is 5.96. The van der Waals surface area contributed by atoms with Crippen LogP contribution in [0, 0.1) is 6.92 Å². The molecule has 2 aromatic carbocycles. The Morgan fingerprint density at radius 1 is 1.00 bits per heavy atom. The summed E-state index contributed by atoms with van der Waals surface area (Å²) in [5.41, 5.74) is 2.78. The molecule has 0 N–H and O–H groups in total. The van der Waals surface area contributed by atoms with Gasteiger partial charge in [0, 0.05) is 85.8 Å². The number of ether oxygens (including phenoxy) is 1. The number of hydrogen-bond acceptors (Lipinski definition) is 6. The molecule has 4 heterocycles. The van der Waals surface area contributed by atoms with Crippen molar-refractivity contribution < 1.29 is 27.5 Å². The zero-order valence-corrected chi connectivity index (χ0v) is 22.4. The number of halogens is 3. The van der Waals surface area contributed by atoms with E-state index in [-0.39, 0.29) is 23.6 Å². The Balaban J connectivity index is 1.10. The van der Waals surface area contributed by atoms with Crippen molar-refractivity contribution in [1.29, 1.82) is 0 Å². The Hall–Kier alpha value is -3.90. The number of fused-ring (bicyclic) bond motifs is 1. The third-order valence-electron chi connectivity index (χ3n) is 7.46. The Kier molecular flexibility index (Phi) is 6.75. The number of rotatable bonds is 5. The van der Waals surface area contributed by atoms with Crippen molar-refractivity contribution in [2.45, 2.75) is 19.3 Å². The van der Waals surface area contributed by atoms with E-state index in [1.807, 2.05) is 35.1 Å². The van der Waals surface area contributed by atoms with Gasteiger partial charge in [-0.15, -0.1) is 24.5 Å². The van der Waals surface area contributed by atoms with Gasteiger partial charge in [0.15, 0.2) is 5.01 Å². The molecule has 4 aromatic rings. The average molecular weight is 570 g/mol. The summed E-state index contributed by atoms with van der Waals surface area (Å²) in [5, 5.41) is 3.17. The second kappa shape index (κ2) is 10.3. The summed E-state index contributed by atoms with van der Waals surface area (Å²) < 4.78 is 43.9. The number of likely N-dealkylation sites (tertiary alicyclic amines) is 1. The Labute approximate surface area is 232 Å². The van der Waals surface area contributed by atoms with Crippen LogP contribution in [0.2, 0.25) is 0 Å². The van der Waals surface area contributed by atoms with Crippen molar-refractivity contribution in [3.05, 3.63) is 76.4 Å². The van der Waals surface area contributed by atoms with Gasteiger partial charge in [-0.3, -0.25) is 14.5 Å². The summed E-state index contributed by atoms with van der Waals surface area (Å²) in [6, 6.07) is 11.5. The molecule has 2 aromatic heterocycles. The van der Waals surface area contributed by atoms with E-state index < -0.39 is 6.36 Å². The third-order valence-corrected chi connectivity index (χ3v) is 8.22. The number of benzene rings is 2. The van der Waals surface area contributed by atoms with Crippen LogP contribution in [0.5, 0.6) is 5.75 Å². The maximum Gasteiger partial charge on any atom is 0.573 e. The monoisotopic (exact) mass is 569 g/mol. The minimum absolute atomic E-state index is 0.0260. The van der Waals surface area contributed by atoms with Gasteiger partial charge in [-0.1, -0.05) is 6.07 Å². The number of aryl methyl sites for hydroxylation is 1. The van der Waals surface area contributed by atoms with E-state index in [2.05, 4.69) is 14.6 Å². The number of nitrogens with zero attached hydrogens (tertiary/aromatic N) is 5. The number of hydrogen-bond donors (Lipinski definition) is 0. The number of piperazine rings is 1. The molecular formula is C28H26F3N5O3S. The second-order valence-electron chi connectivity index (χ2n) is 9.99. The lowest BCUT2D eigenvalue weighted by Gasteiger charge is -2.48. The molecule has 8 nitrogen and oxygen atoms in total. The summed E-state index contributed by atoms with van der Waals surface area (Å²) in [6.07, 6.45) is -1.30. The van der Waals surface area contributed by atoms with Crippen LogP contribution < -0.4 is 4.74 Å². The number of thiazole rings is 1. The van der Waals surface area contributed by atoms with Gasteiger partial charge in [-0.25, -0.2) is 4.98 Å². The first-order chi connectivity index (χ1) is 19.2. The standard InChI is InChI=1S/C28H26F3N5O3S/c1-18-15-36(20-3-2-4-22(14-20)39-28(29,30)31)24-6-5-19(13-23(18)24)26(37)35-16-21(17-35)33-8-10-34(11-9-33)27(38)25-32-7-12-40-25/h2-7,12-15,21H,8-11,16-17H2,1H3. The Morgan fingerprint density at radius 3 is 2.48 bits per heavy atom. The highest BCUT2D eigenvalue weighted by Crippen LogP contribution is 2.30. The molecule has 2 fully saturated rings. The molecule has 40 heavy (non-hydrogen) atoms. The van der Waals surface area contributed by atoms with Crippen LogP contribution in [0.25, 0.3) is 16.6 Å². The van der Waals surface area contributed by atoms with Gasteiger partial charge in [0.2, 0.25) is 0 Å². The van der Waals surface area contributed by atoms with Gasteiger partial charge < -0.3 is 19.1 Å². The summed E-state index contributed by atoms with van der Waals surface area (Å²) in [5.74, 6) is -0.374. The van der Waals surface area contributed by atoms with Crippen molar-refractivity contribution in [2.24, 2.45) is 0 Å². The summed E-state index contributed by atoms with van der Waals surface area (Å²) in [7, 11) is 0. The minimum atomic E-state index is -4.77. The van der Waals surface area contributed by atoms with Crippen LogP contribution in [-0.2, 0) is 0 Å². The molecule has 208 valence electrons. The van der Waals surface area contributed by atoms with Crippen molar-refractivity contribution >= 4 is 34.1 Å². The molecule has 0 spiro atoms. The van der Waals surface area contributed by atoms with E-state index in [4.69, 9.17) is 0 Å². The topological polar surface area (TPSA) is 70.9 Å². The molecule has 0 unspecified atom stereocenters. The molecule has 0 bridgehead atoms. The van der Waals surface area contributed by atoms with Crippen molar-refractivity contribution in [3.63, 3.8) is 0 Å². The Bertz CT molecular complexity index is 1560. The first kappa shape index (κ1) is 26.3. The molecule has 6 rings (SSSR count). The molecule has 0 saturated carbocycles. The van der Waals surface area contributed by atoms with Gasteiger partial charge in [-0.05, 0) is 42.8 Å². The van der Waals surface area contributed by atoms with E-state index >= 15 is 0 Å². The summed E-state index contributed by atoms with van der Waals surface area (Å²) in [4.78, 5) is 35.9. The average Bonchev–Trinajstić information content (AvgIpc) is 3.55. The maximum absolute atomic E-state index is 13.3. The van der Waals surface area contributed by atoms with Crippen LogP contribution in [0.4, 0.5) is 13.2 Å². The molecule has 0 atom stereocenters. The fraction of sp³-hybridized carbons (Fsp3) is 0.321. The van der Waals surface area contributed by atoms with Crippen molar-refractivity contribution in [2.75, 3.05) is 39.3 Å². The van der Waals surface area contributed by atoms with Crippen LogP contribution in [0.15, 0.2) is 60.2 Å². The fourth-order valence-electron chi connectivity index (χ4n) is 5.36. The van der Waals surface area contributed by atoms with Crippen LogP contribution >= 0.6 is 11.3 Å². The SMILES string of the molecule is Cc1cn(-c2cccc(OC(F)(F)F)c2)c2ccc(C(=O)N3CC(N4CCN(C(=O)c5nccs5)CC4)C3)cc12. The lowest BCUT2D eigenvalue weighted by atomic mass is 10.0. The molecule has 0 aliphatic carbocycles. The zero-order valence-electron chi connectivity index (χ0n) is 21.6. The molecule has 2 aliphatic rings. The van der Waals surface area contributed by atoms with E-state index in [0.717, 1.165) is 29.6 Å². The van der Waals surface area contributed by atoms with Gasteiger partial charge in [0.1, 0.15) is 5.75 Å². The van der Waals surface area contributed by atoms with Gasteiger partial charge in [0.25, 0.3) is 11.8 Å². The largest absolute Gasteiger partial charge is 0.573 e. The van der Waals surface area contributed by atoms with Crippen molar-refractivity contribution in [1.82, 2.24) is 24.3 Å². The van der Waals surface area contributed by atoms with Crippen LogP contribution in [0.1, 0.15) is 25.7 Å². The second-order valence-corrected chi connectivity index (χ2v) is 10.9. The van der Waals surface area contributed by atoms with E-state index in [1.54, 1.807) is 28.3 Å². The molecule has 12 heteroatoms. The summed E-state index contributed by atoms with van der Waals surface area (Å²) in [6.45, 7) is 5.96. The highest BCUT2D eigenvalue weighted by atomic mass is 32.1. The lowest BCUT2D eigenvalue weighted by Crippen LogP contribution is -2.64. The van der Waals surface area contributed by atoms with E-state index in [0.29, 0.717) is 42.4 Å². The normalized spacial score (nSPS) is 16.8. The van der Waals surface area contributed by atoms with E-state index in [1.165, 1.54) is 29.5 Å². The molecule has 2 saturated heterocycles. The summed E-state index contributed by atoms with van der Waals surface area (Å²) >= 11 is 1.35. The molecule has 2 aliphatic heterocycles. The minimum Gasteiger partial charge on any atom is -0.406 e. The Morgan fingerprint density at radius 2 is 1.77 bits per heavy atom.